The number of aromatic amines is 1. The van der Waals surface area contributed by atoms with E-state index >= 15 is 0 Å². The van der Waals surface area contributed by atoms with Gasteiger partial charge in [0.15, 0.2) is 11.3 Å². The maximum absolute atomic E-state index is 4.90. The molecule has 3 aliphatic heterocycles. The molecule has 1 N–H and O–H groups in total. The first-order chi connectivity index (χ1) is 38.2. The van der Waals surface area contributed by atoms with Gasteiger partial charge in [-0.1, -0.05) is 117 Å². The Balaban J connectivity index is 0.000000156. The molecular formula is C67H75N11. The number of fused-ring (bicyclic) bond motifs is 6. The van der Waals surface area contributed by atoms with E-state index in [1.54, 1.807) is 0 Å². The standard InChI is InChI=1S/C34H38N6.C33H37N5/c1-4-32-37-33-23(2)18-24(3)36-34(33)39(32)21-26-13-11-25(12-14-26)8-7-17-38-27-15-16-28(38)20-29(19-27)40-22-35-30-9-5-6-10-31(30)40;1-4-31-36-32-23(2)20-24(3)35-33(32)38(31)22-26-13-11-25(12-14-26)8-7-17-37-18-15-27(16-19-37)29-21-34-30-10-6-5-9-28(29)30/h5-14,18,22,27-29H,4,15-17,19-21H2,1-3H3;5-14,20-21,27,34H,4,15-19,22H2,1-3H3/t27-,28+,29?;. The molecule has 1 unspecified atom stereocenters. The van der Waals surface area contributed by atoms with Gasteiger partial charge in [0.1, 0.15) is 22.7 Å². The van der Waals surface area contributed by atoms with Crippen molar-refractivity contribution in [3.63, 3.8) is 0 Å². The molecule has 13 rings (SSSR count). The molecule has 0 radical (unpaired) electrons. The molecular weight excluding hydrogens is 959 g/mol. The Labute approximate surface area is 459 Å². The van der Waals surface area contributed by atoms with Crippen LogP contribution in [0.5, 0.6) is 0 Å². The molecule has 9 heterocycles. The monoisotopic (exact) mass is 1030 g/mol. The number of nitrogens with one attached hydrogen (secondary N) is 1. The predicted octanol–water partition coefficient (Wildman–Crippen LogP) is 13.9. The van der Waals surface area contributed by atoms with Crippen LogP contribution in [0.1, 0.15) is 126 Å². The molecule has 0 aliphatic carbocycles. The molecule has 398 valence electrons. The first-order valence-corrected chi connectivity index (χ1v) is 28.8. The lowest BCUT2D eigenvalue weighted by Gasteiger charge is -2.39. The highest BCUT2D eigenvalue weighted by atomic mass is 15.2. The molecule has 0 amide bonds. The summed E-state index contributed by atoms with van der Waals surface area (Å²) in [6.07, 6.45) is 22.8. The van der Waals surface area contributed by atoms with E-state index in [0.717, 1.165) is 103 Å². The van der Waals surface area contributed by atoms with Crippen LogP contribution in [-0.2, 0) is 25.9 Å². The summed E-state index contributed by atoms with van der Waals surface area (Å²) in [5.74, 6) is 2.85. The van der Waals surface area contributed by atoms with E-state index < -0.39 is 0 Å². The van der Waals surface area contributed by atoms with E-state index in [1.807, 2.05) is 0 Å². The number of imidazole rings is 3. The Morgan fingerprint density at radius 1 is 0.590 bits per heavy atom. The molecule has 11 nitrogen and oxygen atoms in total. The van der Waals surface area contributed by atoms with Gasteiger partial charge < -0.3 is 18.7 Å². The fourth-order valence-corrected chi connectivity index (χ4v) is 13.1. The number of piperidine rings is 2. The molecule has 2 bridgehead atoms. The average molecular weight is 1030 g/mol. The Hall–Kier alpha value is -7.47. The van der Waals surface area contributed by atoms with Crippen molar-refractivity contribution < 1.29 is 0 Å². The zero-order valence-corrected chi connectivity index (χ0v) is 46.5. The number of hydrogen-bond donors (Lipinski definition) is 1. The highest BCUT2D eigenvalue weighted by Crippen LogP contribution is 2.42. The van der Waals surface area contributed by atoms with E-state index in [1.165, 1.54) is 93.9 Å². The van der Waals surface area contributed by atoms with Gasteiger partial charge in [0.05, 0.1) is 30.5 Å². The minimum atomic E-state index is 0.557. The fraction of sp³-hybridized carbons (Fsp3) is 0.358. The third-order valence-electron chi connectivity index (χ3n) is 17.2. The van der Waals surface area contributed by atoms with Crippen LogP contribution in [0.25, 0.3) is 56.4 Å². The molecule has 4 aromatic carbocycles. The second-order valence-electron chi connectivity index (χ2n) is 22.4. The van der Waals surface area contributed by atoms with Gasteiger partial charge in [-0.25, -0.2) is 24.9 Å². The van der Waals surface area contributed by atoms with Crippen LogP contribution < -0.4 is 0 Å². The summed E-state index contributed by atoms with van der Waals surface area (Å²) >= 11 is 0. The van der Waals surface area contributed by atoms with Gasteiger partial charge in [-0.2, -0.15) is 0 Å². The number of aromatic nitrogens is 9. The quantitative estimate of drug-likeness (QED) is 0.116. The van der Waals surface area contributed by atoms with Crippen LogP contribution >= 0.6 is 0 Å². The number of likely N-dealkylation sites (tertiary alicyclic amines) is 1. The Morgan fingerprint density at radius 2 is 1.14 bits per heavy atom. The number of benzene rings is 4. The number of nitrogens with zero attached hydrogens (tertiary/aromatic N) is 10. The third kappa shape index (κ3) is 10.6. The van der Waals surface area contributed by atoms with Crippen LogP contribution in [0.4, 0.5) is 0 Å². The lowest BCUT2D eigenvalue weighted by atomic mass is 9.89. The Bertz CT molecular complexity index is 3750. The van der Waals surface area contributed by atoms with Crippen molar-refractivity contribution in [1.82, 2.24) is 53.4 Å². The van der Waals surface area contributed by atoms with Gasteiger partial charge in [-0.05, 0) is 155 Å². The van der Waals surface area contributed by atoms with Gasteiger partial charge in [-0.3, -0.25) is 9.80 Å². The van der Waals surface area contributed by atoms with Crippen LogP contribution in [0.3, 0.4) is 0 Å². The number of aryl methyl sites for hydroxylation is 6. The van der Waals surface area contributed by atoms with Crippen LogP contribution in [0, 0.1) is 27.7 Å². The maximum Gasteiger partial charge on any atom is 0.160 e. The van der Waals surface area contributed by atoms with Crippen molar-refractivity contribution in [3.05, 3.63) is 196 Å². The second-order valence-corrected chi connectivity index (χ2v) is 22.4. The first kappa shape index (κ1) is 51.3. The van der Waals surface area contributed by atoms with Crippen molar-refractivity contribution in [2.24, 2.45) is 0 Å². The number of para-hydroxylation sites is 3. The normalized spacial score (nSPS) is 18.4. The van der Waals surface area contributed by atoms with Gasteiger partial charge in [0, 0.05) is 72.5 Å². The molecule has 6 aromatic heterocycles. The van der Waals surface area contributed by atoms with E-state index in [-0.39, 0.29) is 0 Å². The smallest absolute Gasteiger partial charge is 0.160 e. The molecule has 0 spiro atoms. The van der Waals surface area contributed by atoms with Crippen molar-refractivity contribution >= 4 is 56.4 Å². The summed E-state index contributed by atoms with van der Waals surface area (Å²) in [5, 5.41) is 1.39. The van der Waals surface area contributed by atoms with E-state index in [9.17, 15) is 0 Å². The number of H-pyrrole nitrogens is 1. The summed E-state index contributed by atoms with van der Waals surface area (Å²) < 4.78 is 7.00. The highest BCUT2D eigenvalue weighted by Gasteiger charge is 2.41. The van der Waals surface area contributed by atoms with Crippen molar-refractivity contribution in [2.75, 3.05) is 26.2 Å². The lowest BCUT2D eigenvalue weighted by Crippen LogP contribution is -2.43. The summed E-state index contributed by atoms with van der Waals surface area (Å²) in [6.45, 7) is 18.6. The third-order valence-corrected chi connectivity index (χ3v) is 17.2. The Kier molecular flexibility index (Phi) is 14.8. The highest BCUT2D eigenvalue weighted by molar-refractivity contribution is 5.84. The fourth-order valence-electron chi connectivity index (χ4n) is 13.1. The molecule has 78 heavy (non-hydrogen) atoms. The first-order valence-electron chi connectivity index (χ1n) is 28.8. The second kappa shape index (κ2) is 22.5. The van der Waals surface area contributed by atoms with Gasteiger partial charge in [-0.15, -0.1) is 0 Å². The maximum atomic E-state index is 4.90. The molecule has 3 fully saturated rings. The predicted molar refractivity (Wildman–Crippen MR) is 320 cm³/mol. The average Bonchev–Trinajstić information content (AvgIpc) is 4.38. The largest absolute Gasteiger partial charge is 0.361 e. The van der Waals surface area contributed by atoms with Gasteiger partial charge in [0.2, 0.25) is 0 Å². The van der Waals surface area contributed by atoms with E-state index in [2.05, 4.69) is 221 Å². The number of rotatable bonds is 14. The molecule has 3 atom stereocenters. The zero-order chi connectivity index (χ0) is 53.3. The SMILES string of the molecule is CCc1nc2c(C)cc(C)nc2n1Cc1ccc(C=CCN2CCC(c3c[nH]c4ccccc34)CC2)cc1.CCc1nc2c(C)cc(C)nc2n1Cc1ccc(C=CCN2[C@@H]3CC[C@H]2CC(n2cnc4ccccc42)C3)cc1. The summed E-state index contributed by atoms with van der Waals surface area (Å²) in [7, 11) is 0. The van der Waals surface area contributed by atoms with Crippen LogP contribution in [0.15, 0.2) is 134 Å². The molecule has 3 saturated heterocycles. The zero-order valence-electron chi connectivity index (χ0n) is 46.5. The van der Waals surface area contributed by atoms with E-state index in [0.29, 0.717) is 24.0 Å². The molecule has 11 heteroatoms. The summed E-state index contributed by atoms with van der Waals surface area (Å²) in [6, 6.07) is 41.2. The van der Waals surface area contributed by atoms with Gasteiger partial charge >= 0.3 is 0 Å². The number of hydrogen-bond acceptors (Lipinski definition) is 7. The minimum Gasteiger partial charge on any atom is -0.361 e. The summed E-state index contributed by atoms with van der Waals surface area (Å²) in [4.78, 5) is 32.9. The van der Waals surface area contributed by atoms with Crippen molar-refractivity contribution in [2.45, 2.75) is 130 Å². The molecule has 0 saturated carbocycles. The summed E-state index contributed by atoms with van der Waals surface area (Å²) in [5.41, 5.74) is 18.7. The molecule has 3 aliphatic rings. The lowest BCUT2D eigenvalue weighted by molar-refractivity contribution is 0.122. The van der Waals surface area contributed by atoms with Crippen LogP contribution in [0.2, 0.25) is 0 Å². The van der Waals surface area contributed by atoms with E-state index in [4.69, 9.17) is 19.9 Å². The topological polar surface area (TPSA) is 102 Å². The van der Waals surface area contributed by atoms with Crippen molar-refractivity contribution in [1.29, 1.82) is 0 Å². The van der Waals surface area contributed by atoms with Crippen LogP contribution in [-0.4, -0.2) is 91.7 Å². The number of pyridine rings is 2. The minimum absolute atomic E-state index is 0.557. The molecule has 10 aromatic rings. The van der Waals surface area contributed by atoms with Gasteiger partial charge in [0.25, 0.3) is 0 Å². The Morgan fingerprint density at radius 3 is 1.73 bits per heavy atom. The van der Waals surface area contributed by atoms with Crippen molar-refractivity contribution in [3.8, 4) is 0 Å².